The van der Waals surface area contributed by atoms with E-state index in [1.54, 1.807) is 0 Å². The van der Waals surface area contributed by atoms with Gasteiger partial charge in [0.1, 0.15) is 5.01 Å². The van der Waals surface area contributed by atoms with E-state index in [9.17, 15) is 18.3 Å². The third-order valence-corrected chi connectivity index (χ3v) is 6.92. The molecule has 3 aromatic rings. The first-order valence-electron chi connectivity index (χ1n) is 11.2. The van der Waals surface area contributed by atoms with Crippen molar-refractivity contribution in [3.63, 3.8) is 0 Å². The second-order valence-electron chi connectivity index (χ2n) is 8.62. The summed E-state index contributed by atoms with van der Waals surface area (Å²) in [6.45, 7) is 6.24. The summed E-state index contributed by atoms with van der Waals surface area (Å²) >= 11 is 1.48. The van der Waals surface area contributed by atoms with Crippen LogP contribution < -0.4 is 0 Å². The minimum absolute atomic E-state index is 0.136. The maximum Gasteiger partial charge on any atom is 0.416 e. The Morgan fingerprint density at radius 1 is 1.03 bits per heavy atom. The molecule has 0 saturated heterocycles. The Kier molecular flexibility index (Phi) is 8.32. The lowest BCUT2D eigenvalue weighted by atomic mass is 9.96. The van der Waals surface area contributed by atoms with Crippen LogP contribution in [0, 0.1) is 6.92 Å². The van der Waals surface area contributed by atoms with Crippen LogP contribution in [0.1, 0.15) is 71.5 Å². The molecular weight excluding hydrogens is 447 g/mol. The molecule has 178 valence electrons. The van der Waals surface area contributed by atoms with Gasteiger partial charge >= 0.3 is 6.18 Å². The molecule has 7 heteroatoms. The van der Waals surface area contributed by atoms with Gasteiger partial charge in [-0.1, -0.05) is 44.2 Å². The summed E-state index contributed by atoms with van der Waals surface area (Å²) in [6, 6.07) is 11.0. The molecule has 0 spiro atoms. The molecule has 33 heavy (non-hydrogen) atoms. The Bertz CT molecular complexity index is 1060. The van der Waals surface area contributed by atoms with Gasteiger partial charge < -0.3 is 10.2 Å². The third kappa shape index (κ3) is 6.43. The zero-order valence-corrected chi connectivity index (χ0v) is 19.9. The largest absolute Gasteiger partial charge is 0.416 e. The van der Waals surface area contributed by atoms with Gasteiger partial charge in [0.2, 0.25) is 0 Å². The van der Waals surface area contributed by atoms with Gasteiger partial charge in [-0.05, 0) is 67.3 Å². The third-order valence-electron chi connectivity index (χ3n) is 5.74. The van der Waals surface area contributed by atoms with E-state index in [0.29, 0.717) is 29.8 Å². The SMILES string of the molecule is Cc1ccc(C(O)CCc2sc(-c3ccc(C(F)(F)F)cc3)nc2C(C)C)cc1CCCO. The maximum atomic E-state index is 12.9. The fourth-order valence-corrected chi connectivity index (χ4v) is 5.03. The quantitative estimate of drug-likeness (QED) is 0.354. The van der Waals surface area contributed by atoms with Crippen LogP contribution in [0.25, 0.3) is 10.6 Å². The number of benzene rings is 2. The van der Waals surface area contributed by atoms with Crippen LogP contribution in [0.15, 0.2) is 42.5 Å². The summed E-state index contributed by atoms with van der Waals surface area (Å²) in [5, 5.41) is 20.6. The molecule has 0 saturated carbocycles. The molecule has 2 N–H and O–H groups in total. The topological polar surface area (TPSA) is 53.4 Å². The second-order valence-corrected chi connectivity index (χ2v) is 9.71. The number of nitrogens with zero attached hydrogens (tertiary/aromatic N) is 1. The molecule has 0 aliphatic rings. The molecule has 1 unspecified atom stereocenters. The molecule has 2 aromatic carbocycles. The Morgan fingerprint density at radius 2 is 1.73 bits per heavy atom. The standard InChI is InChI=1S/C26H30F3NO2S/c1-16(2)24-23(33-25(30-24)18-8-10-21(11-9-18)26(27,28)29)13-12-22(32)20-7-6-17(3)19(15-20)5-4-14-31/h6-11,15-16,22,31-32H,4-5,12-14H2,1-3H3. The van der Waals surface area contributed by atoms with Crippen molar-refractivity contribution in [3.05, 3.63) is 75.3 Å². The van der Waals surface area contributed by atoms with Gasteiger partial charge in [-0.2, -0.15) is 13.2 Å². The van der Waals surface area contributed by atoms with Crippen molar-refractivity contribution >= 4 is 11.3 Å². The summed E-state index contributed by atoms with van der Waals surface area (Å²) in [7, 11) is 0. The Morgan fingerprint density at radius 3 is 2.33 bits per heavy atom. The van der Waals surface area contributed by atoms with Crippen molar-refractivity contribution < 1.29 is 23.4 Å². The van der Waals surface area contributed by atoms with Crippen LogP contribution in [-0.4, -0.2) is 21.8 Å². The number of halogens is 3. The molecule has 0 amide bonds. The highest BCUT2D eigenvalue weighted by atomic mass is 32.1. The van der Waals surface area contributed by atoms with Gasteiger partial charge in [0.15, 0.2) is 0 Å². The summed E-state index contributed by atoms with van der Waals surface area (Å²) < 4.78 is 38.6. The Balaban J connectivity index is 1.76. The summed E-state index contributed by atoms with van der Waals surface area (Å²) in [6.07, 6.45) is -2.38. The number of thiazole rings is 1. The van der Waals surface area contributed by atoms with Gasteiger partial charge in [-0.3, -0.25) is 0 Å². The van der Waals surface area contributed by atoms with Crippen LogP contribution >= 0.6 is 11.3 Å². The number of aryl methyl sites for hydroxylation is 3. The monoisotopic (exact) mass is 477 g/mol. The van der Waals surface area contributed by atoms with Crippen molar-refractivity contribution in [2.75, 3.05) is 6.61 Å². The molecule has 0 aliphatic heterocycles. The number of aromatic nitrogens is 1. The highest BCUT2D eigenvalue weighted by molar-refractivity contribution is 7.15. The highest BCUT2D eigenvalue weighted by Gasteiger charge is 2.30. The molecular formula is C26H30F3NO2S. The van der Waals surface area contributed by atoms with Crippen LogP contribution in [-0.2, 0) is 19.0 Å². The first-order valence-corrected chi connectivity index (χ1v) is 12.0. The highest BCUT2D eigenvalue weighted by Crippen LogP contribution is 2.36. The average Bonchev–Trinajstić information content (AvgIpc) is 3.21. The van der Waals surface area contributed by atoms with Gasteiger partial charge in [0.05, 0.1) is 17.4 Å². The van der Waals surface area contributed by atoms with E-state index in [-0.39, 0.29) is 12.5 Å². The lowest BCUT2D eigenvalue weighted by Gasteiger charge is -2.14. The normalized spacial score (nSPS) is 13.0. The van der Waals surface area contributed by atoms with E-state index in [4.69, 9.17) is 10.1 Å². The van der Waals surface area contributed by atoms with E-state index in [2.05, 4.69) is 0 Å². The zero-order valence-electron chi connectivity index (χ0n) is 19.1. The van der Waals surface area contributed by atoms with Crippen molar-refractivity contribution in [1.29, 1.82) is 0 Å². The minimum Gasteiger partial charge on any atom is -0.396 e. The zero-order chi connectivity index (χ0) is 24.2. The van der Waals surface area contributed by atoms with E-state index >= 15 is 0 Å². The fourth-order valence-electron chi connectivity index (χ4n) is 3.79. The van der Waals surface area contributed by atoms with Gasteiger partial charge in [-0.25, -0.2) is 4.98 Å². The summed E-state index contributed by atoms with van der Waals surface area (Å²) in [5.41, 5.74) is 4.04. The molecule has 1 aromatic heterocycles. The number of rotatable bonds is 9. The van der Waals surface area contributed by atoms with Crippen molar-refractivity contribution in [2.24, 2.45) is 0 Å². The lowest BCUT2D eigenvalue weighted by Crippen LogP contribution is -2.04. The van der Waals surface area contributed by atoms with E-state index in [1.165, 1.54) is 23.5 Å². The summed E-state index contributed by atoms with van der Waals surface area (Å²) in [5.74, 6) is 0.168. The first kappa shape index (κ1) is 25.4. The van der Waals surface area contributed by atoms with Crippen molar-refractivity contribution in [2.45, 2.75) is 64.7 Å². The fraction of sp³-hybridized carbons (Fsp3) is 0.423. The van der Waals surface area contributed by atoms with Crippen molar-refractivity contribution in [3.8, 4) is 10.6 Å². The number of hydrogen-bond acceptors (Lipinski definition) is 4. The predicted octanol–water partition coefficient (Wildman–Crippen LogP) is 6.85. The number of hydrogen-bond donors (Lipinski definition) is 2. The van der Waals surface area contributed by atoms with Gasteiger partial charge in [-0.15, -0.1) is 11.3 Å². The van der Waals surface area contributed by atoms with Crippen LogP contribution in [0.2, 0.25) is 0 Å². The van der Waals surface area contributed by atoms with Crippen LogP contribution in [0.3, 0.4) is 0 Å². The van der Waals surface area contributed by atoms with E-state index in [0.717, 1.165) is 45.8 Å². The molecule has 1 atom stereocenters. The van der Waals surface area contributed by atoms with Gasteiger partial charge in [0, 0.05) is 17.0 Å². The molecule has 0 fully saturated rings. The number of aliphatic hydroxyl groups excluding tert-OH is 2. The minimum atomic E-state index is -4.36. The predicted molar refractivity (Wildman–Crippen MR) is 127 cm³/mol. The molecule has 0 radical (unpaired) electrons. The molecule has 3 nitrogen and oxygen atoms in total. The molecule has 3 rings (SSSR count). The van der Waals surface area contributed by atoms with Gasteiger partial charge in [0.25, 0.3) is 0 Å². The first-order chi connectivity index (χ1) is 15.6. The lowest BCUT2D eigenvalue weighted by molar-refractivity contribution is -0.137. The van der Waals surface area contributed by atoms with Crippen LogP contribution in [0.4, 0.5) is 13.2 Å². The van der Waals surface area contributed by atoms with E-state index in [1.807, 2.05) is 39.0 Å². The average molecular weight is 478 g/mol. The summed E-state index contributed by atoms with van der Waals surface area (Å²) in [4.78, 5) is 5.76. The maximum absolute atomic E-state index is 12.9. The van der Waals surface area contributed by atoms with Crippen molar-refractivity contribution in [1.82, 2.24) is 4.98 Å². The number of alkyl halides is 3. The molecule has 1 heterocycles. The Labute approximate surface area is 197 Å². The molecule has 0 bridgehead atoms. The Hall–Kier alpha value is -2.22. The van der Waals surface area contributed by atoms with Crippen LogP contribution in [0.5, 0.6) is 0 Å². The second kappa shape index (κ2) is 10.8. The molecule has 0 aliphatic carbocycles. The number of aliphatic hydroxyl groups is 2. The van der Waals surface area contributed by atoms with E-state index < -0.39 is 17.8 Å². The smallest absolute Gasteiger partial charge is 0.396 e.